The predicted octanol–water partition coefficient (Wildman–Crippen LogP) is 5.48. The highest BCUT2D eigenvalue weighted by atomic mass is 35.5. The number of nitrogens with one attached hydrogen (secondary N) is 1. The van der Waals surface area contributed by atoms with Crippen LogP contribution in [0.15, 0.2) is 66.7 Å². The third kappa shape index (κ3) is 3.89. The summed E-state index contributed by atoms with van der Waals surface area (Å²) in [5.41, 5.74) is 5.61. The lowest BCUT2D eigenvalue weighted by molar-refractivity contribution is 0.0951. The molecule has 0 radical (unpaired) electrons. The molecule has 1 N–H and O–H groups in total. The maximum atomic E-state index is 12.6. The van der Waals surface area contributed by atoms with Crippen molar-refractivity contribution in [3.05, 3.63) is 94.3 Å². The zero-order valence-corrected chi connectivity index (χ0v) is 17.2. The molecule has 0 aliphatic heterocycles. The Morgan fingerprint density at radius 1 is 1.07 bits per heavy atom. The number of rotatable bonds is 5. The van der Waals surface area contributed by atoms with E-state index >= 15 is 0 Å². The predicted molar refractivity (Wildman–Crippen MR) is 118 cm³/mol. The van der Waals surface area contributed by atoms with Crippen molar-refractivity contribution in [3.8, 4) is 5.69 Å². The second-order valence-electron chi connectivity index (χ2n) is 6.99. The van der Waals surface area contributed by atoms with E-state index in [1.165, 1.54) is 5.56 Å². The van der Waals surface area contributed by atoms with Gasteiger partial charge in [0.1, 0.15) is 5.82 Å². The number of halogens is 1. The normalized spacial score (nSPS) is 11.0. The van der Waals surface area contributed by atoms with E-state index in [0.717, 1.165) is 34.5 Å². The zero-order valence-electron chi connectivity index (χ0n) is 16.4. The summed E-state index contributed by atoms with van der Waals surface area (Å²) in [7, 11) is 0. The van der Waals surface area contributed by atoms with Crippen LogP contribution in [0.4, 0.5) is 0 Å². The fourth-order valence-electron chi connectivity index (χ4n) is 3.47. The largest absolute Gasteiger partial charge is 0.348 e. The van der Waals surface area contributed by atoms with Crippen LogP contribution in [-0.2, 0) is 13.0 Å². The minimum Gasteiger partial charge on any atom is -0.348 e. The Hall–Kier alpha value is -3.11. The highest BCUT2D eigenvalue weighted by Gasteiger charge is 2.13. The molecule has 1 heterocycles. The van der Waals surface area contributed by atoms with E-state index in [4.69, 9.17) is 11.6 Å². The summed E-state index contributed by atoms with van der Waals surface area (Å²) in [4.78, 5) is 17.3. The van der Waals surface area contributed by atoms with E-state index in [2.05, 4.69) is 46.1 Å². The standard InChI is InChI=1S/C24H22ClN3O/c1-3-17-8-11-20(12-9-17)28-16(2)27-22-14-18(10-13-23(22)28)24(29)26-15-19-6-4-5-7-21(19)25/h4-14H,3,15H2,1-2H3,(H,26,29). The molecular weight excluding hydrogens is 382 g/mol. The minimum atomic E-state index is -0.147. The number of imidazole rings is 1. The molecule has 0 aliphatic carbocycles. The molecule has 1 amide bonds. The number of hydrogen-bond donors (Lipinski definition) is 1. The van der Waals surface area contributed by atoms with Crippen LogP contribution in [0.1, 0.15) is 34.2 Å². The number of nitrogens with zero attached hydrogens (tertiary/aromatic N) is 2. The van der Waals surface area contributed by atoms with Crippen LogP contribution in [0.3, 0.4) is 0 Å². The summed E-state index contributed by atoms with van der Waals surface area (Å²) >= 11 is 6.17. The van der Waals surface area contributed by atoms with Gasteiger partial charge in [-0.15, -0.1) is 0 Å². The number of carbonyl (C=O) groups is 1. The number of aryl methyl sites for hydroxylation is 2. The highest BCUT2D eigenvalue weighted by molar-refractivity contribution is 6.31. The lowest BCUT2D eigenvalue weighted by Crippen LogP contribution is -2.22. The van der Waals surface area contributed by atoms with Gasteiger partial charge in [-0.25, -0.2) is 4.98 Å². The zero-order chi connectivity index (χ0) is 20.4. The molecule has 0 bridgehead atoms. The fraction of sp³-hybridized carbons (Fsp3) is 0.167. The van der Waals surface area contributed by atoms with Crippen molar-refractivity contribution >= 4 is 28.5 Å². The topological polar surface area (TPSA) is 46.9 Å². The molecule has 0 aliphatic rings. The van der Waals surface area contributed by atoms with Crippen molar-refractivity contribution in [1.29, 1.82) is 0 Å². The summed E-state index contributed by atoms with van der Waals surface area (Å²) < 4.78 is 2.11. The molecule has 0 fully saturated rings. The Balaban J connectivity index is 1.60. The molecule has 5 heteroatoms. The van der Waals surface area contributed by atoms with Gasteiger partial charge in [-0.1, -0.05) is 48.9 Å². The minimum absolute atomic E-state index is 0.147. The summed E-state index contributed by atoms with van der Waals surface area (Å²) in [6.07, 6.45) is 1.01. The third-order valence-electron chi connectivity index (χ3n) is 5.08. The Kier molecular flexibility index (Phi) is 5.36. The van der Waals surface area contributed by atoms with Gasteiger partial charge in [-0.3, -0.25) is 9.36 Å². The van der Waals surface area contributed by atoms with Crippen LogP contribution < -0.4 is 5.32 Å². The van der Waals surface area contributed by atoms with E-state index in [1.54, 1.807) is 0 Å². The molecule has 29 heavy (non-hydrogen) atoms. The number of fused-ring (bicyclic) bond motifs is 1. The number of benzene rings is 3. The maximum absolute atomic E-state index is 12.6. The van der Waals surface area contributed by atoms with Crippen molar-refractivity contribution in [2.75, 3.05) is 0 Å². The number of aromatic nitrogens is 2. The molecular formula is C24H22ClN3O. The van der Waals surface area contributed by atoms with Gasteiger partial charge in [0, 0.05) is 22.8 Å². The molecule has 0 spiro atoms. The first-order chi connectivity index (χ1) is 14.1. The second-order valence-corrected chi connectivity index (χ2v) is 7.40. The Bertz CT molecular complexity index is 1180. The monoisotopic (exact) mass is 403 g/mol. The first-order valence-corrected chi connectivity index (χ1v) is 10.0. The molecule has 0 atom stereocenters. The van der Waals surface area contributed by atoms with Crippen molar-refractivity contribution < 1.29 is 4.79 Å². The summed E-state index contributed by atoms with van der Waals surface area (Å²) in [5.74, 6) is 0.740. The maximum Gasteiger partial charge on any atom is 0.251 e. The van der Waals surface area contributed by atoms with Crippen molar-refractivity contribution in [2.45, 2.75) is 26.8 Å². The first-order valence-electron chi connectivity index (χ1n) is 9.67. The van der Waals surface area contributed by atoms with Gasteiger partial charge in [0.15, 0.2) is 0 Å². The molecule has 146 valence electrons. The SMILES string of the molecule is CCc1ccc(-n2c(C)nc3cc(C(=O)NCc4ccccc4Cl)ccc32)cc1. The first kappa shape index (κ1) is 19.2. The Morgan fingerprint density at radius 3 is 2.55 bits per heavy atom. The van der Waals surface area contributed by atoms with E-state index in [-0.39, 0.29) is 5.91 Å². The summed E-state index contributed by atoms with van der Waals surface area (Å²) in [6.45, 7) is 4.50. The lowest BCUT2D eigenvalue weighted by atomic mass is 10.1. The van der Waals surface area contributed by atoms with Crippen molar-refractivity contribution in [3.63, 3.8) is 0 Å². The van der Waals surface area contributed by atoms with Gasteiger partial charge >= 0.3 is 0 Å². The summed E-state index contributed by atoms with van der Waals surface area (Å²) in [6, 6.07) is 21.6. The molecule has 0 saturated heterocycles. The van der Waals surface area contributed by atoms with Crippen LogP contribution in [0.5, 0.6) is 0 Å². The molecule has 4 rings (SSSR count). The molecule has 0 saturated carbocycles. The number of amides is 1. The van der Waals surface area contributed by atoms with E-state index < -0.39 is 0 Å². The van der Waals surface area contributed by atoms with Gasteiger partial charge in [-0.05, 0) is 60.9 Å². The Morgan fingerprint density at radius 2 is 1.83 bits per heavy atom. The molecule has 3 aromatic carbocycles. The van der Waals surface area contributed by atoms with Crippen LogP contribution in [0.25, 0.3) is 16.7 Å². The smallest absolute Gasteiger partial charge is 0.251 e. The molecule has 1 aromatic heterocycles. The average Bonchev–Trinajstić information content (AvgIpc) is 3.07. The van der Waals surface area contributed by atoms with E-state index in [9.17, 15) is 4.79 Å². The van der Waals surface area contributed by atoms with Crippen LogP contribution in [-0.4, -0.2) is 15.5 Å². The van der Waals surface area contributed by atoms with Crippen LogP contribution >= 0.6 is 11.6 Å². The molecule has 4 aromatic rings. The second kappa shape index (κ2) is 8.10. The van der Waals surface area contributed by atoms with Gasteiger partial charge < -0.3 is 5.32 Å². The highest BCUT2D eigenvalue weighted by Crippen LogP contribution is 2.23. The van der Waals surface area contributed by atoms with Gasteiger partial charge in [-0.2, -0.15) is 0 Å². The number of carbonyl (C=O) groups excluding carboxylic acids is 1. The number of hydrogen-bond acceptors (Lipinski definition) is 2. The van der Waals surface area contributed by atoms with E-state index in [0.29, 0.717) is 17.1 Å². The van der Waals surface area contributed by atoms with Crippen LogP contribution in [0.2, 0.25) is 5.02 Å². The summed E-state index contributed by atoms with van der Waals surface area (Å²) in [5, 5.41) is 3.57. The quantitative estimate of drug-likeness (QED) is 0.479. The van der Waals surface area contributed by atoms with Crippen molar-refractivity contribution in [1.82, 2.24) is 14.9 Å². The third-order valence-corrected chi connectivity index (χ3v) is 5.45. The Labute approximate surface area is 175 Å². The van der Waals surface area contributed by atoms with E-state index in [1.807, 2.05) is 49.4 Å². The van der Waals surface area contributed by atoms with Crippen LogP contribution in [0, 0.1) is 6.92 Å². The van der Waals surface area contributed by atoms with Gasteiger partial charge in [0.05, 0.1) is 11.0 Å². The van der Waals surface area contributed by atoms with Crippen molar-refractivity contribution in [2.24, 2.45) is 0 Å². The molecule has 0 unspecified atom stereocenters. The van der Waals surface area contributed by atoms with Gasteiger partial charge in [0.2, 0.25) is 0 Å². The molecule has 4 nitrogen and oxygen atoms in total. The van der Waals surface area contributed by atoms with Gasteiger partial charge in [0.25, 0.3) is 5.91 Å². The fourth-order valence-corrected chi connectivity index (χ4v) is 3.67. The average molecular weight is 404 g/mol. The lowest BCUT2D eigenvalue weighted by Gasteiger charge is -2.09.